The fourth-order valence-electron chi connectivity index (χ4n) is 2.35. The number of hydrogen-bond acceptors (Lipinski definition) is 4. The number of carbonyl (C=O) groups excluding carboxylic acids is 1. The lowest BCUT2D eigenvalue weighted by atomic mass is 9.93. The van der Waals surface area contributed by atoms with Crippen LogP contribution in [0.15, 0.2) is 29.6 Å². The number of nitrogens with zero attached hydrogens (tertiary/aromatic N) is 2. The minimum absolute atomic E-state index is 0.0190. The quantitative estimate of drug-likeness (QED) is 0.863. The van der Waals surface area contributed by atoms with Gasteiger partial charge in [0.2, 0.25) is 0 Å². The Morgan fingerprint density at radius 2 is 2.13 bits per heavy atom. The maximum absolute atomic E-state index is 12.5. The van der Waals surface area contributed by atoms with E-state index in [2.05, 4.69) is 31.1 Å². The first-order valence-corrected chi connectivity index (χ1v) is 8.54. The van der Waals surface area contributed by atoms with Gasteiger partial charge in [0.05, 0.1) is 18.8 Å². The Hall–Kier alpha value is -2.08. The van der Waals surface area contributed by atoms with Crippen molar-refractivity contribution < 1.29 is 9.53 Å². The van der Waals surface area contributed by atoms with Crippen LogP contribution in [0.3, 0.4) is 0 Å². The van der Waals surface area contributed by atoms with Crippen LogP contribution in [0.1, 0.15) is 32.0 Å². The zero-order valence-corrected chi connectivity index (χ0v) is 14.4. The molecule has 0 unspecified atom stereocenters. The maximum Gasteiger partial charge on any atom is 0.324 e. The summed E-state index contributed by atoms with van der Waals surface area (Å²) in [4.78, 5) is 18.8. The number of aromatic nitrogens is 1. The SMILES string of the molecule is CC(C)(C)c1csc(NC(=O)N2CCOc3ccccc3C2)n1. The molecule has 6 heteroatoms. The third-order valence-electron chi connectivity index (χ3n) is 3.73. The Balaban J connectivity index is 1.70. The van der Waals surface area contributed by atoms with Crippen LogP contribution >= 0.6 is 11.3 Å². The summed E-state index contributed by atoms with van der Waals surface area (Å²) < 4.78 is 5.69. The molecule has 2 amide bonds. The standard InChI is InChI=1S/C17H21N3O2S/c1-17(2,3)14-11-23-15(18-14)19-16(21)20-8-9-22-13-7-5-4-6-12(13)10-20/h4-7,11H,8-10H2,1-3H3,(H,18,19,21). The summed E-state index contributed by atoms with van der Waals surface area (Å²) >= 11 is 1.46. The Labute approximate surface area is 140 Å². The molecule has 0 bridgehead atoms. The van der Waals surface area contributed by atoms with Gasteiger partial charge in [-0.2, -0.15) is 0 Å². The van der Waals surface area contributed by atoms with Gasteiger partial charge in [0.1, 0.15) is 12.4 Å². The van der Waals surface area contributed by atoms with E-state index in [0.29, 0.717) is 24.8 Å². The average Bonchev–Trinajstić information content (AvgIpc) is 2.86. The first-order valence-electron chi connectivity index (χ1n) is 7.66. The molecule has 0 saturated heterocycles. The molecule has 2 aromatic rings. The number of anilines is 1. The number of thiazole rings is 1. The lowest BCUT2D eigenvalue weighted by molar-refractivity contribution is 0.200. The van der Waals surface area contributed by atoms with Crippen molar-refractivity contribution in [1.29, 1.82) is 0 Å². The molecule has 0 radical (unpaired) electrons. The molecule has 0 atom stereocenters. The predicted molar refractivity (Wildman–Crippen MR) is 92.2 cm³/mol. The molecule has 1 N–H and O–H groups in total. The van der Waals surface area contributed by atoms with Gasteiger partial charge in [0.15, 0.2) is 5.13 Å². The van der Waals surface area contributed by atoms with Gasteiger partial charge in [-0.3, -0.25) is 5.32 Å². The van der Waals surface area contributed by atoms with Crippen LogP contribution in [0.2, 0.25) is 0 Å². The van der Waals surface area contributed by atoms with Crippen molar-refractivity contribution in [3.05, 3.63) is 40.9 Å². The predicted octanol–water partition coefficient (Wildman–Crippen LogP) is 3.87. The summed E-state index contributed by atoms with van der Waals surface area (Å²) in [6.45, 7) is 7.91. The highest BCUT2D eigenvalue weighted by molar-refractivity contribution is 7.13. The highest BCUT2D eigenvalue weighted by Crippen LogP contribution is 2.27. The summed E-state index contributed by atoms with van der Waals surface area (Å²) in [5.74, 6) is 0.854. The van der Waals surface area contributed by atoms with E-state index in [1.54, 1.807) is 4.90 Å². The topological polar surface area (TPSA) is 54.5 Å². The van der Waals surface area contributed by atoms with Gasteiger partial charge in [-0.15, -0.1) is 11.3 Å². The molecule has 0 fully saturated rings. The van der Waals surface area contributed by atoms with Crippen LogP contribution in [0.5, 0.6) is 5.75 Å². The number of urea groups is 1. The number of amides is 2. The zero-order valence-electron chi connectivity index (χ0n) is 13.6. The van der Waals surface area contributed by atoms with Gasteiger partial charge in [0.25, 0.3) is 0 Å². The lowest BCUT2D eigenvalue weighted by Crippen LogP contribution is -2.36. The Kier molecular flexibility index (Phi) is 4.26. The van der Waals surface area contributed by atoms with E-state index in [-0.39, 0.29) is 11.4 Å². The molecular weight excluding hydrogens is 310 g/mol. The number of benzene rings is 1. The van der Waals surface area contributed by atoms with Crippen molar-refractivity contribution in [3.63, 3.8) is 0 Å². The molecule has 1 aromatic heterocycles. The molecule has 5 nitrogen and oxygen atoms in total. The van der Waals surface area contributed by atoms with Crippen molar-refractivity contribution in [2.75, 3.05) is 18.5 Å². The Bertz CT molecular complexity index is 706. The molecule has 0 spiro atoms. The van der Waals surface area contributed by atoms with E-state index in [1.165, 1.54) is 11.3 Å². The summed E-state index contributed by atoms with van der Waals surface area (Å²) in [5.41, 5.74) is 1.99. The second kappa shape index (κ2) is 6.20. The second-order valence-electron chi connectivity index (χ2n) is 6.60. The number of para-hydroxylation sites is 1. The van der Waals surface area contributed by atoms with Crippen LogP contribution in [-0.2, 0) is 12.0 Å². The number of carbonyl (C=O) groups is 1. The fourth-order valence-corrected chi connectivity index (χ4v) is 3.27. The molecule has 2 heterocycles. The van der Waals surface area contributed by atoms with Crippen molar-refractivity contribution >= 4 is 22.5 Å². The summed E-state index contributed by atoms with van der Waals surface area (Å²) in [6, 6.07) is 7.69. The molecule has 0 aliphatic carbocycles. The monoisotopic (exact) mass is 331 g/mol. The molecule has 1 aromatic carbocycles. The third-order valence-corrected chi connectivity index (χ3v) is 4.48. The number of hydrogen-bond donors (Lipinski definition) is 1. The average molecular weight is 331 g/mol. The molecule has 3 rings (SSSR count). The van der Waals surface area contributed by atoms with Crippen LogP contribution in [0.25, 0.3) is 0 Å². The Morgan fingerprint density at radius 1 is 1.35 bits per heavy atom. The first kappa shape index (κ1) is 15.8. The summed E-state index contributed by atoms with van der Waals surface area (Å²) in [5, 5.41) is 5.54. The van der Waals surface area contributed by atoms with Crippen molar-refractivity contribution in [1.82, 2.24) is 9.88 Å². The van der Waals surface area contributed by atoms with Crippen LogP contribution in [-0.4, -0.2) is 29.1 Å². The molecule has 1 aliphatic rings. The van der Waals surface area contributed by atoms with Crippen molar-refractivity contribution in [3.8, 4) is 5.75 Å². The van der Waals surface area contributed by atoms with Gasteiger partial charge in [-0.05, 0) is 6.07 Å². The highest BCUT2D eigenvalue weighted by atomic mass is 32.1. The van der Waals surface area contributed by atoms with Gasteiger partial charge in [0, 0.05) is 16.4 Å². The molecule has 1 aliphatic heterocycles. The van der Waals surface area contributed by atoms with E-state index in [9.17, 15) is 4.79 Å². The molecule has 23 heavy (non-hydrogen) atoms. The lowest BCUT2D eigenvalue weighted by Gasteiger charge is -2.19. The number of fused-ring (bicyclic) bond motifs is 1. The minimum atomic E-state index is -0.139. The van der Waals surface area contributed by atoms with E-state index >= 15 is 0 Å². The third kappa shape index (κ3) is 3.64. The van der Waals surface area contributed by atoms with E-state index in [1.807, 2.05) is 29.6 Å². The molecular formula is C17H21N3O2S. The number of ether oxygens (including phenoxy) is 1. The van der Waals surface area contributed by atoms with Gasteiger partial charge in [-0.25, -0.2) is 9.78 Å². The normalized spacial score (nSPS) is 14.7. The van der Waals surface area contributed by atoms with Gasteiger partial charge < -0.3 is 9.64 Å². The van der Waals surface area contributed by atoms with Gasteiger partial charge >= 0.3 is 6.03 Å². The van der Waals surface area contributed by atoms with E-state index in [4.69, 9.17) is 4.74 Å². The summed E-state index contributed by atoms with van der Waals surface area (Å²) in [7, 11) is 0. The first-order chi connectivity index (χ1) is 10.9. The van der Waals surface area contributed by atoms with Crippen LogP contribution < -0.4 is 10.1 Å². The number of nitrogens with one attached hydrogen (secondary N) is 1. The zero-order chi connectivity index (χ0) is 16.4. The van der Waals surface area contributed by atoms with Gasteiger partial charge in [-0.1, -0.05) is 39.0 Å². The number of rotatable bonds is 1. The van der Waals surface area contributed by atoms with Crippen molar-refractivity contribution in [2.24, 2.45) is 0 Å². The maximum atomic E-state index is 12.5. The summed E-state index contributed by atoms with van der Waals surface area (Å²) in [6.07, 6.45) is 0. The molecule has 122 valence electrons. The van der Waals surface area contributed by atoms with Crippen LogP contribution in [0, 0.1) is 0 Å². The highest BCUT2D eigenvalue weighted by Gasteiger charge is 2.22. The van der Waals surface area contributed by atoms with E-state index in [0.717, 1.165) is 17.0 Å². The minimum Gasteiger partial charge on any atom is -0.491 e. The smallest absolute Gasteiger partial charge is 0.324 e. The van der Waals surface area contributed by atoms with E-state index < -0.39 is 0 Å². The van der Waals surface area contributed by atoms with Crippen molar-refractivity contribution in [2.45, 2.75) is 32.7 Å². The second-order valence-corrected chi connectivity index (χ2v) is 7.45. The Morgan fingerprint density at radius 3 is 2.87 bits per heavy atom. The van der Waals surface area contributed by atoms with Crippen LogP contribution in [0.4, 0.5) is 9.93 Å². The molecule has 0 saturated carbocycles. The largest absolute Gasteiger partial charge is 0.491 e. The fraction of sp³-hybridized carbons (Fsp3) is 0.412.